The van der Waals surface area contributed by atoms with Crippen LogP contribution in [0.1, 0.15) is 15.9 Å². The standard InChI is InChI=1S/C15H14O5S/c16-14(12-7-3-1-4-8-12)15(17,11-20-21(18)19)13-9-5-2-6-10-13/h1-10,17,21H,11H2. The molecule has 2 rings (SSSR count). The Morgan fingerprint density at radius 2 is 1.52 bits per heavy atom. The summed E-state index contributed by atoms with van der Waals surface area (Å²) in [5.74, 6) is -0.619. The molecule has 0 radical (unpaired) electrons. The molecule has 6 heteroatoms. The van der Waals surface area contributed by atoms with Gasteiger partial charge in [0.2, 0.25) is 5.78 Å². The number of thiol groups is 1. The molecule has 2 aromatic rings. The third-order valence-corrected chi connectivity index (χ3v) is 3.38. The van der Waals surface area contributed by atoms with Gasteiger partial charge < -0.3 is 5.11 Å². The number of hydrogen-bond donors (Lipinski definition) is 2. The summed E-state index contributed by atoms with van der Waals surface area (Å²) in [5.41, 5.74) is -1.51. The van der Waals surface area contributed by atoms with Gasteiger partial charge in [-0.2, -0.15) is 0 Å². The molecule has 0 bridgehead atoms. The van der Waals surface area contributed by atoms with E-state index in [4.69, 9.17) is 0 Å². The average molecular weight is 306 g/mol. The van der Waals surface area contributed by atoms with Crippen LogP contribution < -0.4 is 0 Å². The van der Waals surface area contributed by atoms with Crippen molar-refractivity contribution in [2.45, 2.75) is 5.60 Å². The number of hydrogen-bond acceptors (Lipinski definition) is 5. The summed E-state index contributed by atoms with van der Waals surface area (Å²) in [5, 5.41) is 10.7. The van der Waals surface area contributed by atoms with Gasteiger partial charge in [0.15, 0.2) is 5.60 Å². The molecule has 0 spiro atoms. The zero-order valence-electron chi connectivity index (χ0n) is 11.0. The molecule has 1 N–H and O–H groups in total. The molecular formula is C15H14O5S. The molecule has 0 aliphatic carbocycles. The van der Waals surface area contributed by atoms with Gasteiger partial charge in [-0.3, -0.25) is 8.98 Å². The Morgan fingerprint density at radius 1 is 1.00 bits per heavy atom. The number of aliphatic hydroxyl groups is 1. The van der Waals surface area contributed by atoms with Crippen molar-refractivity contribution in [2.75, 3.05) is 6.61 Å². The zero-order valence-corrected chi connectivity index (χ0v) is 11.9. The first kappa shape index (κ1) is 15.4. The molecule has 110 valence electrons. The first-order valence-electron chi connectivity index (χ1n) is 6.19. The number of carbonyl (C=O) groups is 1. The lowest BCUT2D eigenvalue weighted by Crippen LogP contribution is -2.40. The molecule has 0 aliphatic heterocycles. The molecule has 1 atom stereocenters. The van der Waals surface area contributed by atoms with Crippen molar-refractivity contribution in [3.63, 3.8) is 0 Å². The second-order valence-electron chi connectivity index (χ2n) is 4.42. The van der Waals surface area contributed by atoms with Crippen LogP contribution in [0.4, 0.5) is 0 Å². The number of benzene rings is 2. The lowest BCUT2D eigenvalue weighted by Gasteiger charge is -2.25. The van der Waals surface area contributed by atoms with E-state index < -0.39 is 29.0 Å². The third-order valence-electron chi connectivity index (χ3n) is 3.04. The van der Waals surface area contributed by atoms with Crippen LogP contribution in [0.5, 0.6) is 0 Å². The van der Waals surface area contributed by atoms with Crippen molar-refractivity contribution >= 4 is 16.8 Å². The Hall–Kier alpha value is -2.02. The first-order chi connectivity index (χ1) is 10.0. The number of ketones is 1. The second kappa shape index (κ2) is 6.62. The molecule has 0 aliphatic rings. The fourth-order valence-corrected chi connectivity index (χ4v) is 2.26. The van der Waals surface area contributed by atoms with Gasteiger partial charge >= 0.3 is 0 Å². The Labute approximate surface area is 124 Å². The van der Waals surface area contributed by atoms with E-state index in [2.05, 4.69) is 4.18 Å². The van der Waals surface area contributed by atoms with E-state index in [0.29, 0.717) is 0 Å². The quantitative estimate of drug-likeness (QED) is 0.621. The Balaban J connectivity index is 2.43. The fourth-order valence-electron chi connectivity index (χ4n) is 1.97. The monoisotopic (exact) mass is 306 g/mol. The van der Waals surface area contributed by atoms with Crippen LogP contribution in [0.25, 0.3) is 0 Å². The summed E-state index contributed by atoms with van der Waals surface area (Å²) in [7, 11) is -3.16. The lowest BCUT2D eigenvalue weighted by atomic mass is 9.86. The highest BCUT2D eigenvalue weighted by molar-refractivity contribution is 7.67. The van der Waals surface area contributed by atoms with Crippen molar-refractivity contribution in [1.82, 2.24) is 0 Å². The van der Waals surface area contributed by atoms with E-state index in [-0.39, 0.29) is 11.1 Å². The molecule has 1 unspecified atom stereocenters. The van der Waals surface area contributed by atoms with Gasteiger partial charge in [-0.1, -0.05) is 60.7 Å². The molecule has 0 heterocycles. The third kappa shape index (κ3) is 3.55. The topological polar surface area (TPSA) is 80.7 Å². The van der Waals surface area contributed by atoms with Crippen LogP contribution in [-0.2, 0) is 20.8 Å². The smallest absolute Gasteiger partial charge is 0.257 e. The van der Waals surface area contributed by atoms with Crippen molar-refractivity contribution < 1.29 is 22.5 Å². The molecule has 0 saturated heterocycles. The molecule has 0 saturated carbocycles. The molecule has 21 heavy (non-hydrogen) atoms. The van der Waals surface area contributed by atoms with Gasteiger partial charge in [0, 0.05) is 5.56 Å². The number of carbonyl (C=O) groups excluding carboxylic acids is 1. The predicted molar refractivity (Wildman–Crippen MR) is 77.4 cm³/mol. The SMILES string of the molecule is O=C(c1ccccc1)C(O)(CO[SH](=O)=O)c1ccccc1. The summed E-state index contributed by atoms with van der Waals surface area (Å²) in [6, 6.07) is 16.3. The van der Waals surface area contributed by atoms with Crippen LogP contribution in [0.3, 0.4) is 0 Å². The molecule has 0 aromatic heterocycles. The molecule has 2 aromatic carbocycles. The largest absolute Gasteiger partial charge is 0.375 e. The zero-order chi connectivity index (χ0) is 15.3. The van der Waals surface area contributed by atoms with Crippen LogP contribution in [0.2, 0.25) is 0 Å². The highest BCUT2D eigenvalue weighted by atomic mass is 32.2. The van der Waals surface area contributed by atoms with Crippen molar-refractivity contribution in [3.8, 4) is 0 Å². The van der Waals surface area contributed by atoms with Crippen molar-refractivity contribution in [1.29, 1.82) is 0 Å². The first-order valence-corrected chi connectivity index (χ1v) is 7.28. The Kier molecular flexibility index (Phi) is 4.85. The Bertz CT molecular complexity index is 674. The van der Waals surface area contributed by atoms with E-state index in [0.717, 1.165) is 0 Å². The van der Waals surface area contributed by atoms with E-state index in [1.54, 1.807) is 60.7 Å². The van der Waals surface area contributed by atoms with Crippen LogP contribution in [0, 0.1) is 0 Å². The lowest BCUT2D eigenvalue weighted by molar-refractivity contribution is 0.00513. The molecule has 0 amide bonds. The minimum Gasteiger partial charge on any atom is -0.375 e. The minimum atomic E-state index is -3.16. The maximum Gasteiger partial charge on any atom is 0.257 e. The van der Waals surface area contributed by atoms with Crippen molar-refractivity contribution in [3.05, 3.63) is 71.8 Å². The average Bonchev–Trinajstić information content (AvgIpc) is 2.53. The Morgan fingerprint density at radius 3 is 2.05 bits per heavy atom. The normalized spacial score (nSPS) is 13.8. The van der Waals surface area contributed by atoms with Gasteiger partial charge in [0.05, 0.1) is 0 Å². The van der Waals surface area contributed by atoms with Crippen molar-refractivity contribution in [2.24, 2.45) is 0 Å². The highest BCUT2D eigenvalue weighted by Gasteiger charge is 2.39. The maximum atomic E-state index is 12.6. The van der Waals surface area contributed by atoms with Gasteiger partial charge in [0.25, 0.3) is 11.0 Å². The van der Waals surface area contributed by atoms with E-state index in [9.17, 15) is 18.3 Å². The molecular weight excluding hydrogens is 292 g/mol. The number of Topliss-reactive ketones (excluding diaryl/α,β-unsaturated/α-hetero) is 1. The molecule has 5 nitrogen and oxygen atoms in total. The van der Waals surface area contributed by atoms with E-state index in [1.807, 2.05) is 0 Å². The van der Waals surface area contributed by atoms with Gasteiger partial charge in [-0.25, -0.2) is 8.42 Å². The van der Waals surface area contributed by atoms with Gasteiger partial charge in [-0.05, 0) is 5.56 Å². The minimum absolute atomic E-state index is 0.272. The van der Waals surface area contributed by atoms with Crippen LogP contribution in [0.15, 0.2) is 60.7 Å². The number of rotatable bonds is 6. The van der Waals surface area contributed by atoms with Crippen LogP contribution >= 0.6 is 0 Å². The fraction of sp³-hybridized carbons (Fsp3) is 0.133. The van der Waals surface area contributed by atoms with E-state index in [1.165, 1.54) is 0 Å². The maximum absolute atomic E-state index is 12.6. The molecule has 0 fully saturated rings. The summed E-state index contributed by atoms with van der Waals surface area (Å²) >= 11 is 0. The van der Waals surface area contributed by atoms with Gasteiger partial charge in [-0.15, -0.1) is 0 Å². The van der Waals surface area contributed by atoms with Crippen LogP contribution in [-0.4, -0.2) is 25.9 Å². The summed E-state index contributed by atoms with van der Waals surface area (Å²) in [4.78, 5) is 12.6. The predicted octanol–water partition coefficient (Wildman–Crippen LogP) is 1.30. The summed E-state index contributed by atoms with van der Waals surface area (Å²) in [6.07, 6.45) is 0. The van der Waals surface area contributed by atoms with E-state index >= 15 is 0 Å². The second-order valence-corrected chi connectivity index (χ2v) is 5.12. The van der Waals surface area contributed by atoms with Gasteiger partial charge in [0.1, 0.15) is 6.61 Å². The summed E-state index contributed by atoms with van der Waals surface area (Å²) < 4.78 is 25.7. The summed E-state index contributed by atoms with van der Waals surface area (Å²) in [6.45, 7) is -0.663. The highest BCUT2D eigenvalue weighted by Crippen LogP contribution is 2.26.